The predicted molar refractivity (Wildman–Crippen MR) is 91.0 cm³/mol. The molecule has 0 aliphatic heterocycles. The van der Waals surface area contributed by atoms with Gasteiger partial charge < -0.3 is 25.6 Å². The second-order valence-electron chi connectivity index (χ2n) is 6.29. The molecule has 2 heterocycles. The van der Waals surface area contributed by atoms with Crippen LogP contribution in [-0.2, 0) is 17.9 Å². The Labute approximate surface area is 150 Å². The van der Waals surface area contributed by atoms with Crippen molar-refractivity contribution in [3.05, 3.63) is 36.4 Å². The van der Waals surface area contributed by atoms with Crippen LogP contribution in [0, 0.1) is 5.92 Å². The molecule has 1 aliphatic rings. The smallest absolute Gasteiger partial charge is 0.319 e. The van der Waals surface area contributed by atoms with Gasteiger partial charge in [0.05, 0.1) is 36.8 Å². The summed E-state index contributed by atoms with van der Waals surface area (Å²) in [6.45, 7) is 0.742. The van der Waals surface area contributed by atoms with Crippen molar-refractivity contribution in [1.29, 1.82) is 0 Å². The van der Waals surface area contributed by atoms with Crippen molar-refractivity contribution in [2.45, 2.75) is 37.8 Å². The van der Waals surface area contributed by atoms with Gasteiger partial charge in [-0.3, -0.25) is 9.67 Å². The number of amides is 2. The van der Waals surface area contributed by atoms with Gasteiger partial charge in [0.25, 0.3) is 0 Å². The van der Waals surface area contributed by atoms with Crippen molar-refractivity contribution in [2.24, 2.45) is 5.92 Å². The number of aliphatic hydroxyl groups is 2. The van der Waals surface area contributed by atoms with E-state index in [-0.39, 0.29) is 5.92 Å². The van der Waals surface area contributed by atoms with Crippen LogP contribution in [0.15, 0.2) is 30.7 Å². The van der Waals surface area contributed by atoms with Crippen LogP contribution in [-0.4, -0.2) is 61.6 Å². The summed E-state index contributed by atoms with van der Waals surface area (Å²) in [7, 11) is 1.57. The number of anilines is 1. The number of ether oxygens (including phenoxy) is 1. The number of hydrogen-bond donors (Lipinski definition) is 4. The number of hydrogen-bond acceptors (Lipinski definition) is 7. The first-order chi connectivity index (χ1) is 12.6. The Hall–Kier alpha value is -2.56. The molecule has 10 heteroatoms. The summed E-state index contributed by atoms with van der Waals surface area (Å²) in [6, 6.07) is 2.39. The molecular weight excluding hydrogens is 340 g/mol. The Kier molecular flexibility index (Phi) is 5.76. The van der Waals surface area contributed by atoms with E-state index in [0.29, 0.717) is 31.0 Å². The van der Waals surface area contributed by atoms with Gasteiger partial charge in [0.15, 0.2) is 0 Å². The monoisotopic (exact) mass is 362 g/mol. The number of carbonyl (C=O) groups is 1. The summed E-state index contributed by atoms with van der Waals surface area (Å²) in [5, 5.41) is 33.8. The molecule has 0 bridgehead atoms. The van der Waals surface area contributed by atoms with Crippen molar-refractivity contribution in [3.63, 3.8) is 0 Å². The van der Waals surface area contributed by atoms with Gasteiger partial charge >= 0.3 is 6.03 Å². The molecule has 10 nitrogen and oxygen atoms in total. The van der Waals surface area contributed by atoms with Crippen LogP contribution in [0.4, 0.5) is 10.5 Å². The summed E-state index contributed by atoms with van der Waals surface area (Å²) in [4.78, 5) is 16.0. The number of nitrogens with one attached hydrogen (secondary N) is 2. The average molecular weight is 362 g/mol. The maximum Gasteiger partial charge on any atom is 0.319 e. The Balaban J connectivity index is 1.55. The average Bonchev–Trinajstić information content (AvgIpc) is 3.17. The van der Waals surface area contributed by atoms with Gasteiger partial charge in [-0.05, 0) is 18.6 Å². The highest BCUT2D eigenvalue weighted by Crippen LogP contribution is 2.28. The molecule has 0 saturated heterocycles. The predicted octanol–water partition coefficient (Wildman–Crippen LogP) is -0.248. The van der Waals surface area contributed by atoms with Crippen molar-refractivity contribution < 1.29 is 19.7 Å². The molecule has 0 radical (unpaired) electrons. The van der Waals surface area contributed by atoms with E-state index in [1.54, 1.807) is 36.3 Å². The van der Waals surface area contributed by atoms with Crippen LogP contribution in [0.5, 0.6) is 0 Å². The Morgan fingerprint density at radius 2 is 2.27 bits per heavy atom. The fourth-order valence-corrected chi connectivity index (χ4v) is 3.10. The minimum atomic E-state index is -1.05. The van der Waals surface area contributed by atoms with Gasteiger partial charge in [0.1, 0.15) is 11.8 Å². The lowest BCUT2D eigenvalue weighted by molar-refractivity contribution is 0.00877. The summed E-state index contributed by atoms with van der Waals surface area (Å²) >= 11 is 0. The third-order valence-electron chi connectivity index (χ3n) is 4.34. The number of nitrogens with zero attached hydrogens (tertiary/aromatic N) is 4. The molecule has 1 fully saturated rings. The fraction of sp³-hybridized carbons (Fsp3) is 0.500. The lowest BCUT2D eigenvalue weighted by Gasteiger charge is -2.18. The molecular formula is C16H22N6O4. The van der Waals surface area contributed by atoms with Gasteiger partial charge in [-0.1, -0.05) is 5.21 Å². The number of aliphatic hydroxyl groups excluding tert-OH is 2. The number of rotatable bonds is 6. The fourth-order valence-electron chi connectivity index (χ4n) is 3.10. The quantitative estimate of drug-likeness (QED) is 0.557. The van der Waals surface area contributed by atoms with E-state index in [1.807, 2.05) is 0 Å². The normalized spacial score (nSPS) is 25.2. The van der Waals surface area contributed by atoms with Gasteiger partial charge in [0.2, 0.25) is 0 Å². The first-order valence-corrected chi connectivity index (χ1v) is 8.28. The topological polar surface area (TPSA) is 134 Å². The Bertz CT molecular complexity index is 725. The van der Waals surface area contributed by atoms with E-state index in [1.165, 1.54) is 6.20 Å². The molecule has 1 saturated carbocycles. The highest BCUT2D eigenvalue weighted by molar-refractivity contribution is 5.89. The van der Waals surface area contributed by atoms with Crippen molar-refractivity contribution in [3.8, 4) is 0 Å². The van der Waals surface area contributed by atoms with E-state index in [4.69, 9.17) is 4.74 Å². The van der Waals surface area contributed by atoms with Crippen molar-refractivity contribution >= 4 is 11.7 Å². The highest BCUT2D eigenvalue weighted by atomic mass is 16.5. The Morgan fingerprint density at radius 1 is 1.42 bits per heavy atom. The minimum absolute atomic E-state index is 0.259. The number of aromatic nitrogens is 4. The molecule has 4 N–H and O–H groups in total. The lowest BCUT2D eigenvalue weighted by Crippen LogP contribution is -2.44. The van der Waals surface area contributed by atoms with Gasteiger partial charge in [-0.2, -0.15) is 0 Å². The number of pyridine rings is 1. The van der Waals surface area contributed by atoms with Crippen LogP contribution in [0.3, 0.4) is 0 Å². The first kappa shape index (κ1) is 18.2. The molecule has 2 aromatic rings. The highest BCUT2D eigenvalue weighted by Gasteiger charge is 2.42. The molecule has 26 heavy (non-hydrogen) atoms. The number of carbonyl (C=O) groups excluding carboxylic acids is 1. The van der Waals surface area contributed by atoms with Gasteiger partial charge in [-0.25, -0.2) is 4.79 Å². The van der Waals surface area contributed by atoms with E-state index >= 15 is 0 Å². The van der Waals surface area contributed by atoms with Crippen LogP contribution < -0.4 is 10.6 Å². The van der Waals surface area contributed by atoms with Crippen molar-refractivity contribution in [2.75, 3.05) is 12.4 Å². The van der Waals surface area contributed by atoms with Crippen LogP contribution in [0.1, 0.15) is 12.1 Å². The Morgan fingerprint density at radius 3 is 3.00 bits per heavy atom. The van der Waals surface area contributed by atoms with E-state index < -0.39 is 24.3 Å². The third kappa shape index (κ3) is 4.34. The summed E-state index contributed by atoms with van der Waals surface area (Å²) in [6.07, 6.45) is 3.26. The molecule has 3 rings (SSSR count). The standard InChI is InChI=1S/C16H22N6O4/c1-26-9-12-8-22(21-20-12)7-10-5-13(15(24)14(10)23)19-16(25)18-11-3-2-4-17-6-11/h2-4,6,8,10,13-15,23-24H,5,7,9H2,1H3,(H2,18,19,25). The van der Waals surface area contributed by atoms with E-state index in [2.05, 4.69) is 25.9 Å². The molecule has 2 aromatic heterocycles. The maximum absolute atomic E-state index is 12.1. The molecule has 0 spiro atoms. The summed E-state index contributed by atoms with van der Waals surface area (Å²) in [5.74, 6) is -0.259. The summed E-state index contributed by atoms with van der Waals surface area (Å²) < 4.78 is 6.60. The molecule has 0 aromatic carbocycles. The summed E-state index contributed by atoms with van der Waals surface area (Å²) in [5.41, 5.74) is 1.23. The second-order valence-corrected chi connectivity index (χ2v) is 6.29. The van der Waals surface area contributed by atoms with Crippen LogP contribution in [0.25, 0.3) is 0 Å². The molecule has 4 atom stereocenters. The molecule has 140 valence electrons. The SMILES string of the molecule is COCc1cn(CC2CC(NC(=O)Nc3cccnc3)C(O)C2O)nn1. The van der Waals surface area contributed by atoms with Gasteiger partial charge in [0, 0.05) is 25.8 Å². The zero-order valence-corrected chi connectivity index (χ0v) is 14.3. The van der Waals surface area contributed by atoms with Crippen LogP contribution >= 0.6 is 0 Å². The van der Waals surface area contributed by atoms with Crippen LogP contribution in [0.2, 0.25) is 0 Å². The maximum atomic E-state index is 12.1. The number of methoxy groups -OCH3 is 1. The largest absolute Gasteiger partial charge is 0.390 e. The minimum Gasteiger partial charge on any atom is -0.390 e. The van der Waals surface area contributed by atoms with Gasteiger partial charge in [-0.15, -0.1) is 5.10 Å². The van der Waals surface area contributed by atoms with E-state index in [9.17, 15) is 15.0 Å². The first-order valence-electron chi connectivity index (χ1n) is 8.28. The van der Waals surface area contributed by atoms with E-state index in [0.717, 1.165) is 0 Å². The number of urea groups is 1. The molecule has 1 aliphatic carbocycles. The second kappa shape index (κ2) is 8.21. The third-order valence-corrected chi connectivity index (χ3v) is 4.34. The molecule has 4 unspecified atom stereocenters. The lowest BCUT2D eigenvalue weighted by atomic mass is 10.1. The molecule has 2 amide bonds. The van der Waals surface area contributed by atoms with Crippen molar-refractivity contribution in [1.82, 2.24) is 25.3 Å². The zero-order chi connectivity index (χ0) is 18.5. The zero-order valence-electron chi connectivity index (χ0n) is 14.3.